The Morgan fingerprint density at radius 2 is 1.44 bits per heavy atom. The number of fused-ring (bicyclic) bond motifs is 1. The van der Waals surface area contributed by atoms with Gasteiger partial charge >= 0.3 is 5.97 Å². The number of hydrogen-bond donors (Lipinski definition) is 1. The van der Waals surface area contributed by atoms with Crippen LogP contribution in [-0.4, -0.2) is 11.1 Å². The first kappa shape index (κ1) is 19.4. The van der Waals surface area contributed by atoms with Crippen molar-refractivity contribution in [2.24, 2.45) is 0 Å². The summed E-state index contributed by atoms with van der Waals surface area (Å²) >= 11 is 0. The van der Waals surface area contributed by atoms with E-state index in [0.717, 1.165) is 5.56 Å². The molecule has 0 saturated carbocycles. The van der Waals surface area contributed by atoms with Crippen molar-refractivity contribution in [3.8, 4) is 0 Å². The number of carboxylic acid groups (broad SMARTS) is 1. The summed E-state index contributed by atoms with van der Waals surface area (Å²) in [4.78, 5) is 11.0. The Hall–Kier alpha value is -2.35. The minimum Gasteiger partial charge on any atom is -0.478 e. The predicted molar refractivity (Wildman–Crippen MR) is 113 cm³/mol. The van der Waals surface area contributed by atoms with Crippen molar-refractivity contribution in [3.05, 3.63) is 70.3 Å². The first-order valence-corrected chi connectivity index (χ1v) is 9.77. The van der Waals surface area contributed by atoms with Gasteiger partial charge in [0.1, 0.15) is 0 Å². The molecule has 2 aromatic rings. The minimum atomic E-state index is -0.891. The standard InChI is InChI=1S/C25H30O2/c1-17(15-18-7-9-19(10-8-18)23(26)27)20-11-12-21-22(16-20)25(4,5)14-6-13-24(21,2)3/h7-12,15-16H,6,13-14H2,1-5H3,(H,26,27)/b17-15+. The van der Waals surface area contributed by atoms with Gasteiger partial charge in [-0.25, -0.2) is 4.79 Å². The second-order valence-corrected chi connectivity index (χ2v) is 9.14. The Balaban J connectivity index is 2.00. The molecular weight excluding hydrogens is 332 g/mol. The SMILES string of the molecule is C/C(=C\c1ccc(C(=O)O)cc1)c1ccc2c(c1)C(C)(C)CCCC2(C)C. The van der Waals surface area contributed by atoms with Crippen LogP contribution in [0.5, 0.6) is 0 Å². The molecule has 0 radical (unpaired) electrons. The first-order valence-electron chi connectivity index (χ1n) is 9.77. The molecule has 0 bridgehead atoms. The van der Waals surface area contributed by atoms with Crippen LogP contribution < -0.4 is 0 Å². The fourth-order valence-corrected chi connectivity index (χ4v) is 4.24. The number of allylic oxidation sites excluding steroid dienone is 1. The van der Waals surface area contributed by atoms with E-state index >= 15 is 0 Å². The van der Waals surface area contributed by atoms with E-state index in [2.05, 4.69) is 58.9 Å². The van der Waals surface area contributed by atoms with Crippen LogP contribution in [0.25, 0.3) is 11.6 Å². The van der Waals surface area contributed by atoms with Gasteiger partial charge in [0.25, 0.3) is 0 Å². The molecule has 0 heterocycles. The number of carbonyl (C=O) groups is 1. The van der Waals surface area contributed by atoms with Gasteiger partial charge in [-0.3, -0.25) is 0 Å². The highest BCUT2D eigenvalue weighted by atomic mass is 16.4. The topological polar surface area (TPSA) is 37.3 Å². The molecule has 3 rings (SSSR count). The highest BCUT2D eigenvalue weighted by molar-refractivity contribution is 5.88. The molecule has 1 aliphatic carbocycles. The lowest BCUT2D eigenvalue weighted by molar-refractivity contribution is 0.0697. The van der Waals surface area contributed by atoms with Crippen molar-refractivity contribution in [1.29, 1.82) is 0 Å². The Kier molecular flexibility index (Phi) is 5.03. The molecule has 0 atom stereocenters. The van der Waals surface area contributed by atoms with Gasteiger partial charge in [0, 0.05) is 0 Å². The average molecular weight is 363 g/mol. The van der Waals surface area contributed by atoms with Gasteiger partial charge in [-0.1, -0.05) is 70.5 Å². The lowest BCUT2D eigenvalue weighted by atomic mass is 9.74. The van der Waals surface area contributed by atoms with Crippen LogP contribution in [0.2, 0.25) is 0 Å². The summed E-state index contributed by atoms with van der Waals surface area (Å²) in [6, 6.07) is 14.0. The lowest BCUT2D eigenvalue weighted by Gasteiger charge is -2.30. The zero-order valence-corrected chi connectivity index (χ0v) is 17.1. The summed E-state index contributed by atoms with van der Waals surface area (Å²) in [6.07, 6.45) is 5.83. The van der Waals surface area contributed by atoms with Crippen LogP contribution in [-0.2, 0) is 10.8 Å². The molecule has 27 heavy (non-hydrogen) atoms. The highest BCUT2D eigenvalue weighted by Crippen LogP contribution is 2.44. The van der Waals surface area contributed by atoms with Crippen LogP contribution in [0.4, 0.5) is 0 Å². The minimum absolute atomic E-state index is 0.183. The largest absolute Gasteiger partial charge is 0.478 e. The molecule has 0 aromatic heterocycles. The third kappa shape index (κ3) is 4.00. The zero-order chi connectivity index (χ0) is 19.8. The van der Waals surface area contributed by atoms with E-state index < -0.39 is 5.97 Å². The first-order chi connectivity index (χ1) is 12.6. The number of benzene rings is 2. The van der Waals surface area contributed by atoms with Gasteiger partial charge in [0.2, 0.25) is 0 Å². The van der Waals surface area contributed by atoms with Gasteiger partial charge in [-0.2, -0.15) is 0 Å². The quantitative estimate of drug-likeness (QED) is 0.488. The van der Waals surface area contributed by atoms with E-state index in [1.807, 2.05) is 12.1 Å². The molecule has 0 spiro atoms. The fraction of sp³-hybridized carbons (Fsp3) is 0.400. The Morgan fingerprint density at radius 3 is 2.04 bits per heavy atom. The molecule has 1 N–H and O–H groups in total. The zero-order valence-electron chi connectivity index (χ0n) is 17.1. The molecule has 2 nitrogen and oxygen atoms in total. The van der Waals surface area contributed by atoms with E-state index in [-0.39, 0.29) is 10.8 Å². The summed E-state index contributed by atoms with van der Waals surface area (Å²) in [5.41, 5.74) is 7.12. The Bertz CT molecular complexity index is 883. The molecule has 0 unspecified atom stereocenters. The summed E-state index contributed by atoms with van der Waals surface area (Å²) in [5, 5.41) is 9.05. The van der Waals surface area contributed by atoms with Crippen LogP contribution in [0.3, 0.4) is 0 Å². The maximum atomic E-state index is 11.0. The number of hydrogen-bond acceptors (Lipinski definition) is 1. The van der Waals surface area contributed by atoms with Gasteiger partial charge in [-0.15, -0.1) is 0 Å². The number of carboxylic acids is 1. The summed E-state index contributed by atoms with van der Waals surface area (Å²) in [5.74, 6) is -0.891. The molecule has 0 aliphatic heterocycles. The second kappa shape index (κ2) is 6.99. The molecule has 2 heteroatoms. The van der Waals surface area contributed by atoms with E-state index in [4.69, 9.17) is 5.11 Å². The van der Waals surface area contributed by atoms with Crippen LogP contribution in [0, 0.1) is 0 Å². The monoisotopic (exact) mass is 362 g/mol. The van der Waals surface area contributed by atoms with E-state index in [9.17, 15) is 4.79 Å². The maximum Gasteiger partial charge on any atom is 0.335 e. The molecule has 1 aliphatic rings. The fourth-order valence-electron chi connectivity index (χ4n) is 4.24. The van der Waals surface area contributed by atoms with Crippen molar-refractivity contribution >= 4 is 17.6 Å². The summed E-state index contributed by atoms with van der Waals surface area (Å²) < 4.78 is 0. The molecule has 2 aromatic carbocycles. The molecule has 0 fully saturated rings. The van der Waals surface area contributed by atoms with Crippen molar-refractivity contribution in [1.82, 2.24) is 0 Å². The van der Waals surface area contributed by atoms with Crippen molar-refractivity contribution in [2.45, 2.75) is 64.7 Å². The van der Waals surface area contributed by atoms with Crippen molar-refractivity contribution < 1.29 is 9.90 Å². The van der Waals surface area contributed by atoms with Gasteiger partial charge in [-0.05, 0) is 70.6 Å². The molecule has 142 valence electrons. The Morgan fingerprint density at radius 1 is 0.889 bits per heavy atom. The highest BCUT2D eigenvalue weighted by Gasteiger charge is 2.34. The van der Waals surface area contributed by atoms with Gasteiger partial charge < -0.3 is 5.11 Å². The Labute approximate surface area is 162 Å². The molecule has 0 saturated heterocycles. The smallest absolute Gasteiger partial charge is 0.335 e. The van der Waals surface area contributed by atoms with Crippen LogP contribution in [0.1, 0.15) is 86.5 Å². The third-order valence-electron chi connectivity index (χ3n) is 6.08. The molecule has 0 amide bonds. The normalized spacial score (nSPS) is 18.5. The lowest BCUT2D eigenvalue weighted by Crippen LogP contribution is -2.22. The van der Waals surface area contributed by atoms with Crippen molar-refractivity contribution in [3.63, 3.8) is 0 Å². The summed E-state index contributed by atoms with van der Waals surface area (Å²) in [7, 11) is 0. The van der Waals surface area contributed by atoms with Crippen LogP contribution in [0.15, 0.2) is 42.5 Å². The van der Waals surface area contributed by atoms with E-state index in [0.29, 0.717) is 5.56 Å². The third-order valence-corrected chi connectivity index (χ3v) is 6.08. The van der Waals surface area contributed by atoms with E-state index in [1.54, 1.807) is 12.1 Å². The van der Waals surface area contributed by atoms with Gasteiger partial charge in [0.15, 0.2) is 0 Å². The number of aromatic carboxylic acids is 1. The van der Waals surface area contributed by atoms with Crippen molar-refractivity contribution in [2.75, 3.05) is 0 Å². The predicted octanol–water partition coefficient (Wildman–Crippen LogP) is 6.68. The molecular formula is C25H30O2. The second-order valence-electron chi connectivity index (χ2n) is 9.14. The van der Waals surface area contributed by atoms with E-state index in [1.165, 1.54) is 41.5 Å². The average Bonchev–Trinajstić information content (AvgIpc) is 2.69. The number of rotatable bonds is 3. The maximum absolute atomic E-state index is 11.0. The summed E-state index contributed by atoms with van der Waals surface area (Å²) in [6.45, 7) is 11.6. The van der Waals surface area contributed by atoms with Crippen LogP contribution >= 0.6 is 0 Å². The van der Waals surface area contributed by atoms with Gasteiger partial charge in [0.05, 0.1) is 5.56 Å².